The van der Waals surface area contributed by atoms with Gasteiger partial charge >= 0.3 is 5.97 Å². The highest BCUT2D eigenvalue weighted by Crippen LogP contribution is 2.24. The summed E-state index contributed by atoms with van der Waals surface area (Å²) < 4.78 is 0. The van der Waals surface area contributed by atoms with E-state index in [9.17, 15) is 14.7 Å². The molecule has 1 atom stereocenters. The molecule has 1 rings (SSSR count). The van der Waals surface area contributed by atoms with Crippen molar-refractivity contribution in [1.82, 2.24) is 5.32 Å². The molecule has 1 unspecified atom stereocenters. The molecule has 0 aromatic carbocycles. The summed E-state index contributed by atoms with van der Waals surface area (Å²) in [4.78, 5) is 25.3. The third-order valence-corrected chi connectivity index (χ3v) is 4.52. The molecular weight excluding hydrogens is 286 g/mol. The van der Waals surface area contributed by atoms with E-state index in [0.717, 1.165) is 19.3 Å². The van der Waals surface area contributed by atoms with E-state index in [1.807, 2.05) is 19.9 Å². The molecule has 0 aliphatic heterocycles. The van der Waals surface area contributed by atoms with Crippen molar-refractivity contribution in [2.24, 2.45) is 5.92 Å². The summed E-state index contributed by atoms with van der Waals surface area (Å²) in [5.41, 5.74) is 1.20. The summed E-state index contributed by atoms with van der Waals surface area (Å²) >= 11 is 1.48. The molecule has 4 nitrogen and oxygen atoms in total. The molecule has 1 heterocycles. The maximum Gasteiger partial charge on any atom is 0.326 e. The van der Waals surface area contributed by atoms with Crippen molar-refractivity contribution in [3.63, 3.8) is 0 Å². The average Bonchev–Trinajstić information content (AvgIpc) is 2.81. The third kappa shape index (κ3) is 5.16. The molecule has 0 bridgehead atoms. The Labute approximate surface area is 130 Å². The lowest BCUT2D eigenvalue weighted by atomic mass is 10.0. The quantitative estimate of drug-likeness (QED) is 0.772. The van der Waals surface area contributed by atoms with Crippen molar-refractivity contribution >= 4 is 23.2 Å². The number of rotatable bonds is 8. The highest BCUT2D eigenvalue weighted by molar-refractivity contribution is 7.14. The van der Waals surface area contributed by atoms with Crippen LogP contribution < -0.4 is 5.32 Å². The fourth-order valence-corrected chi connectivity index (χ4v) is 3.50. The first-order chi connectivity index (χ1) is 9.88. The summed E-state index contributed by atoms with van der Waals surface area (Å²) in [5, 5.41) is 11.8. The second kappa shape index (κ2) is 8.17. The molecule has 1 aromatic rings. The number of amides is 1. The van der Waals surface area contributed by atoms with Crippen LogP contribution in [-0.2, 0) is 17.6 Å². The van der Waals surface area contributed by atoms with Crippen molar-refractivity contribution in [2.75, 3.05) is 0 Å². The van der Waals surface area contributed by atoms with Crippen LogP contribution in [0.2, 0.25) is 0 Å². The van der Waals surface area contributed by atoms with Gasteiger partial charge in [-0.25, -0.2) is 4.79 Å². The van der Waals surface area contributed by atoms with Gasteiger partial charge in [-0.15, -0.1) is 11.3 Å². The van der Waals surface area contributed by atoms with Crippen molar-refractivity contribution in [3.05, 3.63) is 21.4 Å². The molecule has 5 heteroatoms. The van der Waals surface area contributed by atoms with E-state index < -0.39 is 12.0 Å². The van der Waals surface area contributed by atoms with E-state index in [2.05, 4.69) is 19.2 Å². The number of hydrogen-bond acceptors (Lipinski definition) is 3. The number of aliphatic carboxylic acids is 1. The molecule has 21 heavy (non-hydrogen) atoms. The molecule has 0 saturated heterocycles. The zero-order valence-electron chi connectivity index (χ0n) is 13.2. The van der Waals surface area contributed by atoms with E-state index >= 15 is 0 Å². The number of carbonyl (C=O) groups is 2. The number of carboxylic acid groups (broad SMARTS) is 1. The van der Waals surface area contributed by atoms with Gasteiger partial charge in [-0.3, -0.25) is 4.79 Å². The van der Waals surface area contributed by atoms with Gasteiger partial charge in [0.1, 0.15) is 6.04 Å². The lowest BCUT2D eigenvalue weighted by molar-refractivity contribution is -0.139. The summed E-state index contributed by atoms with van der Waals surface area (Å²) in [6.45, 7) is 8.08. The van der Waals surface area contributed by atoms with Gasteiger partial charge in [0.05, 0.1) is 4.88 Å². The topological polar surface area (TPSA) is 66.4 Å². The predicted molar refractivity (Wildman–Crippen MR) is 86.0 cm³/mol. The van der Waals surface area contributed by atoms with Crippen LogP contribution in [-0.4, -0.2) is 23.0 Å². The van der Waals surface area contributed by atoms with Crippen molar-refractivity contribution < 1.29 is 14.7 Å². The Hall–Kier alpha value is -1.36. The predicted octanol–water partition coefficient (Wildman–Crippen LogP) is 3.49. The van der Waals surface area contributed by atoms with Gasteiger partial charge in [-0.2, -0.15) is 0 Å². The largest absolute Gasteiger partial charge is 0.480 e. The number of nitrogens with one attached hydrogen (secondary N) is 1. The molecule has 1 amide bonds. The summed E-state index contributed by atoms with van der Waals surface area (Å²) in [5.74, 6) is -1.03. The first kappa shape index (κ1) is 17.7. The zero-order valence-corrected chi connectivity index (χ0v) is 14.0. The third-order valence-electron chi connectivity index (χ3n) is 3.29. The molecule has 0 aliphatic rings. The standard InChI is InChI=1S/C16H25NO3S/c1-5-7-13-11(6-2)9-14(21-13)15(18)17-12(16(19)20)8-10(3)4/h9-10,12H,5-8H2,1-4H3,(H,17,18)(H,19,20). The first-order valence-corrected chi connectivity index (χ1v) is 8.35. The highest BCUT2D eigenvalue weighted by atomic mass is 32.1. The Balaban J connectivity index is 2.84. The van der Waals surface area contributed by atoms with Crippen molar-refractivity contribution in [2.45, 2.75) is 59.4 Å². The lowest BCUT2D eigenvalue weighted by Crippen LogP contribution is -2.41. The number of hydrogen-bond donors (Lipinski definition) is 2. The van der Waals surface area contributed by atoms with E-state index in [-0.39, 0.29) is 11.8 Å². The number of carboxylic acids is 1. The van der Waals surface area contributed by atoms with E-state index in [0.29, 0.717) is 11.3 Å². The maximum atomic E-state index is 12.3. The van der Waals surface area contributed by atoms with E-state index in [1.54, 1.807) is 0 Å². The van der Waals surface area contributed by atoms with Gasteiger partial charge in [0.25, 0.3) is 5.91 Å². The zero-order chi connectivity index (χ0) is 16.0. The fourth-order valence-electron chi connectivity index (χ4n) is 2.24. The number of carbonyl (C=O) groups excluding carboxylic acids is 1. The van der Waals surface area contributed by atoms with Crippen LogP contribution in [0, 0.1) is 5.92 Å². The highest BCUT2D eigenvalue weighted by Gasteiger charge is 2.23. The van der Waals surface area contributed by atoms with Gasteiger partial charge in [0, 0.05) is 4.88 Å². The average molecular weight is 311 g/mol. The van der Waals surface area contributed by atoms with Gasteiger partial charge in [0.15, 0.2) is 0 Å². The molecule has 1 aromatic heterocycles. The van der Waals surface area contributed by atoms with Crippen LogP contribution in [0.1, 0.15) is 60.6 Å². The van der Waals surface area contributed by atoms with Crippen LogP contribution in [0.3, 0.4) is 0 Å². The molecule has 2 N–H and O–H groups in total. The normalized spacial score (nSPS) is 12.4. The Kier molecular flexibility index (Phi) is 6.89. The minimum Gasteiger partial charge on any atom is -0.480 e. The molecular formula is C16H25NO3S. The second-order valence-electron chi connectivity index (χ2n) is 5.66. The Bertz CT molecular complexity index is 494. The summed E-state index contributed by atoms with van der Waals surface area (Å²) in [6.07, 6.45) is 3.34. The van der Waals surface area contributed by atoms with Crippen LogP contribution >= 0.6 is 11.3 Å². The maximum absolute atomic E-state index is 12.3. The molecule has 0 saturated carbocycles. The monoisotopic (exact) mass is 311 g/mol. The lowest BCUT2D eigenvalue weighted by Gasteiger charge is -2.15. The Morgan fingerprint density at radius 2 is 2.00 bits per heavy atom. The van der Waals surface area contributed by atoms with E-state index in [1.165, 1.54) is 21.8 Å². The minimum absolute atomic E-state index is 0.219. The number of aryl methyl sites for hydroxylation is 2. The SMILES string of the molecule is CCCc1sc(C(=O)NC(CC(C)C)C(=O)O)cc1CC. The minimum atomic E-state index is -0.974. The molecule has 0 aliphatic carbocycles. The smallest absolute Gasteiger partial charge is 0.326 e. The van der Waals surface area contributed by atoms with Gasteiger partial charge in [-0.1, -0.05) is 34.1 Å². The summed E-state index contributed by atoms with van der Waals surface area (Å²) in [7, 11) is 0. The van der Waals surface area contributed by atoms with E-state index in [4.69, 9.17) is 0 Å². The molecule has 118 valence electrons. The fraction of sp³-hybridized carbons (Fsp3) is 0.625. The first-order valence-electron chi connectivity index (χ1n) is 7.54. The van der Waals surface area contributed by atoms with Gasteiger partial charge in [-0.05, 0) is 36.8 Å². The van der Waals surface area contributed by atoms with Crippen molar-refractivity contribution in [3.8, 4) is 0 Å². The van der Waals surface area contributed by atoms with Crippen LogP contribution in [0.15, 0.2) is 6.07 Å². The van der Waals surface area contributed by atoms with Gasteiger partial charge in [0.2, 0.25) is 0 Å². The van der Waals surface area contributed by atoms with Crippen LogP contribution in [0.4, 0.5) is 0 Å². The Morgan fingerprint density at radius 1 is 1.33 bits per heavy atom. The molecule has 0 fully saturated rings. The van der Waals surface area contributed by atoms with Crippen LogP contribution in [0.5, 0.6) is 0 Å². The second-order valence-corrected chi connectivity index (χ2v) is 6.79. The summed E-state index contributed by atoms with van der Waals surface area (Å²) in [6, 6.07) is 1.08. The Morgan fingerprint density at radius 3 is 2.48 bits per heavy atom. The van der Waals surface area contributed by atoms with Crippen LogP contribution in [0.25, 0.3) is 0 Å². The molecule has 0 radical (unpaired) electrons. The van der Waals surface area contributed by atoms with Gasteiger partial charge < -0.3 is 10.4 Å². The number of thiophene rings is 1. The molecule has 0 spiro atoms. The van der Waals surface area contributed by atoms with Crippen molar-refractivity contribution in [1.29, 1.82) is 0 Å².